The van der Waals surface area contributed by atoms with Crippen molar-refractivity contribution in [1.29, 1.82) is 0 Å². The highest BCUT2D eigenvalue weighted by Crippen LogP contribution is 2.29. The second-order valence-electron chi connectivity index (χ2n) is 6.80. The molecule has 0 aliphatic rings. The van der Waals surface area contributed by atoms with Gasteiger partial charge in [0.25, 0.3) is 0 Å². The Bertz CT molecular complexity index is 977. The Morgan fingerprint density at radius 2 is 1.94 bits per heavy atom. The summed E-state index contributed by atoms with van der Waals surface area (Å²) in [5.74, 6) is 1.41. The van der Waals surface area contributed by atoms with Gasteiger partial charge in [-0.25, -0.2) is 4.98 Å². The fourth-order valence-electron chi connectivity index (χ4n) is 3.06. The lowest BCUT2D eigenvalue weighted by Crippen LogP contribution is -2.25. The van der Waals surface area contributed by atoms with Crippen molar-refractivity contribution in [3.8, 4) is 22.8 Å². The summed E-state index contributed by atoms with van der Waals surface area (Å²) >= 11 is 0. The summed E-state index contributed by atoms with van der Waals surface area (Å²) in [6.45, 7) is -2.55. The van der Waals surface area contributed by atoms with E-state index in [1.165, 1.54) is 13.2 Å². The van der Waals surface area contributed by atoms with E-state index < -0.39 is 6.61 Å². The molecular formula is C23H24F2N2O4. The fraction of sp³-hybridized carbons (Fsp3) is 0.304. The van der Waals surface area contributed by atoms with Gasteiger partial charge in [0.15, 0.2) is 23.1 Å². The van der Waals surface area contributed by atoms with Gasteiger partial charge >= 0.3 is 6.61 Å². The monoisotopic (exact) mass is 430 g/mol. The Kier molecular flexibility index (Phi) is 7.98. The third-order valence-corrected chi connectivity index (χ3v) is 4.59. The Hall–Kier alpha value is -3.42. The van der Waals surface area contributed by atoms with E-state index in [1.807, 2.05) is 30.3 Å². The molecule has 1 aromatic heterocycles. The molecule has 1 amide bonds. The van der Waals surface area contributed by atoms with E-state index >= 15 is 0 Å². The summed E-state index contributed by atoms with van der Waals surface area (Å²) in [6.07, 6.45) is 3.68. The largest absolute Gasteiger partial charge is 0.493 e. The number of nitrogens with zero attached hydrogens (tertiary/aromatic N) is 1. The maximum absolute atomic E-state index is 12.5. The van der Waals surface area contributed by atoms with Gasteiger partial charge in [0.2, 0.25) is 5.91 Å². The molecule has 1 N–H and O–H groups in total. The molecule has 0 unspecified atom stereocenters. The van der Waals surface area contributed by atoms with Crippen LogP contribution in [0.5, 0.6) is 11.5 Å². The molecular weight excluding hydrogens is 406 g/mol. The highest BCUT2D eigenvalue weighted by atomic mass is 19.3. The third-order valence-electron chi connectivity index (χ3n) is 4.59. The van der Waals surface area contributed by atoms with Gasteiger partial charge in [-0.3, -0.25) is 4.79 Å². The molecule has 0 spiro atoms. The number of carbonyl (C=O) groups is 1. The van der Waals surface area contributed by atoms with Gasteiger partial charge in [0.05, 0.1) is 13.3 Å². The van der Waals surface area contributed by atoms with Crippen molar-refractivity contribution in [2.45, 2.75) is 32.3 Å². The van der Waals surface area contributed by atoms with Crippen LogP contribution < -0.4 is 14.8 Å². The molecule has 0 aliphatic heterocycles. The van der Waals surface area contributed by atoms with Crippen molar-refractivity contribution in [2.75, 3.05) is 13.7 Å². The van der Waals surface area contributed by atoms with Gasteiger partial charge in [-0.2, -0.15) is 8.78 Å². The Labute approximate surface area is 179 Å². The van der Waals surface area contributed by atoms with Gasteiger partial charge < -0.3 is 19.2 Å². The molecule has 0 aliphatic carbocycles. The topological polar surface area (TPSA) is 73.6 Å². The Balaban J connectivity index is 1.39. The predicted octanol–water partition coefficient (Wildman–Crippen LogP) is 4.63. The first-order valence-electron chi connectivity index (χ1n) is 9.93. The van der Waals surface area contributed by atoms with E-state index in [0.29, 0.717) is 43.9 Å². The molecule has 31 heavy (non-hydrogen) atoms. The van der Waals surface area contributed by atoms with Crippen LogP contribution >= 0.6 is 0 Å². The van der Waals surface area contributed by atoms with Crippen molar-refractivity contribution in [3.63, 3.8) is 0 Å². The number of oxazole rings is 1. The number of hydrogen-bond donors (Lipinski definition) is 1. The highest BCUT2D eigenvalue weighted by Gasteiger charge is 2.12. The highest BCUT2D eigenvalue weighted by molar-refractivity contribution is 5.75. The lowest BCUT2D eigenvalue weighted by molar-refractivity contribution is -0.121. The number of carbonyl (C=O) groups excluding carboxylic acids is 1. The maximum atomic E-state index is 12.5. The average Bonchev–Trinajstić information content (AvgIpc) is 3.23. The van der Waals surface area contributed by atoms with Crippen LogP contribution in [-0.4, -0.2) is 31.2 Å². The van der Waals surface area contributed by atoms with Crippen molar-refractivity contribution in [1.82, 2.24) is 10.3 Å². The zero-order chi connectivity index (χ0) is 22.1. The van der Waals surface area contributed by atoms with Crippen LogP contribution in [0.4, 0.5) is 8.78 Å². The maximum Gasteiger partial charge on any atom is 0.387 e. The van der Waals surface area contributed by atoms with Crippen molar-refractivity contribution in [3.05, 3.63) is 66.2 Å². The molecule has 2 aromatic carbocycles. The Morgan fingerprint density at radius 3 is 2.68 bits per heavy atom. The standard InChI is InChI=1S/C23H24F2N2O4/c1-29-18-11-10-16(14-19(18)31-23(24)25)12-13-26-21(28)8-5-9-22-27-15-20(30-22)17-6-3-2-4-7-17/h2-4,6-7,10-11,14-15,23H,5,8-9,12-13H2,1H3,(H,26,28). The predicted molar refractivity (Wildman–Crippen MR) is 111 cm³/mol. The van der Waals surface area contributed by atoms with Crippen LogP contribution in [0.2, 0.25) is 0 Å². The number of aryl methyl sites for hydroxylation is 1. The normalized spacial score (nSPS) is 10.8. The van der Waals surface area contributed by atoms with Crippen LogP contribution in [-0.2, 0) is 17.6 Å². The van der Waals surface area contributed by atoms with Gasteiger partial charge in [0.1, 0.15) is 0 Å². The molecule has 0 atom stereocenters. The van der Waals surface area contributed by atoms with Crippen LogP contribution in [0.15, 0.2) is 59.1 Å². The molecule has 3 aromatic rings. The molecule has 3 rings (SSSR count). The number of ether oxygens (including phenoxy) is 2. The molecule has 0 saturated carbocycles. The molecule has 0 saturated heterocycles. The van der Waals surface area contributed by atoms with E-state index in [9.17, 15) is 13.6 Å². The molecule has 6 nitrogen and oxygen atoms in total. The van der Waals surface area contributed by atoms with Crippen LogP contribution in [0.25, 0.3) is 11.3 Å². The van der Waals surface area contributed by atoms with Crippen LogP contribution in [0, 0.1) is 0 Å². The van der Waals surface area contributed by atoms with Crippen LogP contribution in [0.3, 0.4) is 0 Å². The lowest BCUT2D eigenvalue weighted by atomic mass is 10.1. The summed E-state index contributed by atoms with van der Waals surface area (Å²) in [7, 11) is 1.38. The zero-order valence-corrected chi connectivity index (χ0v) is 17.1. The van der Waals surface area contributed by atoms with E-state index in [4.69, 9.17) is 9.15 Å². The number of hydrogen-bond acceptors (Lipinski definition) is 5. The van der Waals surface area contributed by atoms with E-state index in [2.05, 4.69) is 15.0 Å². The average molecular weight is 430 g/mol. The second kappa shape index (κ2) is 11.1. The van der Waals surface area contributed by atoms with Gasteiger partial charge in [-0.15, -0.1) is 0 Å². The Morgan fingerprint density at radius 1 is 1.13 bits per heavy atom. The van der Waals surface area contributed by atoms with E-state index in [-0.39, 0.29) is 17.4 Å². The number of halogens is 2. The summed E-state index contributed by atoms with van der Waals surface area (Å²) < 4.78 is 40.2. The summed E-state index contributed by atoms with van der Waals surface area (Å²) in [6, 6.07) is 14.5. The lowest BCUT2D eigenvalue weighted by Gasteiger charge is -2.12. The number of rotatable bonds is 11. The quantitative estimate of drug-likeness (QED) is 0.480. The third kappa shape index (κ3) is 6.80. The molecule has 0 radical (unpaired) electrons. The second-order valence-corrected chi connectivity index (χ2v) is 6.80. The van der Waals surface area contributed by atoms with Crippen LogP contribution in [0.1, 0.15) is 24.3 Å². The zero-order valence-electron chi connectivity index (χ0n) is 17.1. The smallest absolute Gasteiger partial charge is 0.387 e. The SMILES string of the molecule is COc1ccc(CCNC(=O)CCCc2ncc(-c3ccccc3)o2)cc1OC(F)F. The molecule has 0 bridgehead atoms. The summed E-state index contributed by atoms with van der Waals surface area (Å²) in [5.41, 5.74) is 1.71. The minimum atomic E-state index is -2.93. The minimum Gasteiger partial charge on any atom is -0.493 e. The number of methoxy groups -OCH3 is 1. The van der Waals surface area contributed by atoms with Crippen molar-refractivity contribution >= 4 is 5.91 Å². The van der Waals surface area contributed by atoms with Gasteiger partial charge in [-0.1, -0.05) is 36.4 Å². The van der Waals surface area contributed by atoms with E-state index in [0.717, 1.165) is 11.1 Å². The number of amides is 1. The molecule has 1 heterocycles. The van der Waals surface area contributed by atoms with E-state index in [1.54, 1.807) is 18.3 Å². The minimum absolute atomic E-state index is 0.0258. The number of alkyl halides is 2. The molecule has 0 fully saturated rings. The van der Waals surface area contributed by atoms with Gasteiger partial charge in [-0.05, 0) is 30.5 Å². The van der Waals surface area contributed by atoms with Crippen molar-refractivity contribution in [2.24, 2.45) is 0 Å². The van der Waals surface area contributed by atoms with Crippen molar-refractivity contribution < 1.29 is 27.5 Å². The van der Waals surface area contributed by atoms with Gasteiger partial charge in [0, 0.05) is 24.9 Å². The first kappa shape index (κ1) is 22.3. The molecule has 8 heteroatoms. The number of benzene rings is 2. The number of nitrogens with one attached hydrogen (secondary N) is 1. The first-order valence-corrected chi connectivity index (χ1v) is 9.93. The fourth-order valence-corrected chi connectivity index (χ4v) is 3.06. The first-order chi connectivity index (χ1) is 15.0. The number of aromatic nitrogens is 1. The summed E-state index contributed by atoms with van der Waals surface area (Å²) in [4.78, 5) is 16.3. The summed E-state index contributed by atoms with van der Waals surface area (Å²) in [5, 5.41) is 2.83. The molecule has 164 valence electrons.